The Labute approximate surface area is 613 Å². The molecule has 0 amide bonds. The lowest BCUT2D eigenvalue weighted by molar-refractivity contribution is -0.161. The normalized spacial score (nSPS) is 13.8. The summed E-state index contributed by atoms with van der Waals surface area (Å²) in [6, 6.07) is 0. The molecule has 3 N–H and O–H groups in total. The molecule has 5 atom stereocenters. The van der Waals surface area contributed by atoms with E-state index in [-0.39, 0.29) is 25.7 Å². The summed E-state index contributed by atoms with van der Waals surface area (Å²) in [5.74, 6) is -2.10. The number of carbonyl (C=O) groups is 4. The highest BCUT2D eigenvalue weighted by atomic mass is 31.2. The maximum Gasteiger partial charge on any atom is 0.472 e. The molecule has 0 heterocycles. The molecule has 594 valence electrons. The van der Waals surface area contributed by atoms with Crippen molar-refractivity contribution in [2.45, 2.75) is 457 Å². The summed E-state index contributed by atoms with van der Waals surface area (Å²) in [6.07, 6.45) is 67.9. The second-order valence-corrected chi connectivity index (χ2v) is 32.1. The van der Waals surface area contributed by atoms with Gasteiger partial charge in [-0.1, -0.05) is 387 Å². The van der Waals surface area contributed by atoms with Crippen LogP contribution in [0.5, 0.6) is 0 Å². The largest absolute Gasteiger partial charge is 0.472 e. The summed E-state index contributed by atoms with van der Waals surface area (Å²) in [5.41, 5.74) is 0. The minimum atomic E-state index is -4.96. The molecular weight excluding hydrogens is 1310 g/mol. The summed E-state index contributed by atoms with van der Waals surface area (Å²) in [7, 11) is -9.92. The molecule has 0 saturated carbocycles. The van der Waals surface area contributed by atoms with E-state index in [1.165, 1.54) is 270 Å². The predicted molar refractivity (Wildman–Crippen MR) is 409 cm³/mol. The zero-order valence-corrected chi connectivity index (χ0v) is 67.0. The fraction of sp³-hybridized carbons (Fsp3) is 0.951. The van der Waals surface area contributed by atoms with Crippen molar-refractivity contribution in [3.8, 4) is 0 Å². The number of aliphatic hydroxyl groups excluding tert-OH is 1. The average molecular weight is 1470 g/mol. The molecule has 0 radical (unpaired) electrons. The summed E-state index contributed by atoms with van der Waals surface area (Å²) in [4.78, 5) is 73.0. The van der Waals surface area contributed by atoms with Gasteiger partial charge in [-0.05, 0) is 25.7 Å². The standard InChI is InChI=1S/C81H158O17P2/c1-5-9-13-17-21-25-29-32-35-37-39-42-45-48-52-56-60-64-68-81(86)98-77(72-92-79(84)66-62-58-54-50-46-43-41-38-36-33-30-26-22-18-14-10-6-2)74-96-100(89,90)94-70-75(82)69-93-99(87,88)95-73-76(71-91-78(83)65-61-57-53-49-28-24-20-16-12-8-4)97-80(85)67-63-59-55-51-47-44-40-34-31-27-23-19-15-11-7-3/h75-77,82H,5-74H2,1-4H3,(H,87,88)(H,89,90)/t75-,76+,77+/m0/s1. The molecule has 0 aromatic heterocycles. The zero-order valence-electron chi connectivity index (χ0n) is 65.2. The number of ether oxygens (including phenoxy) is 4. The Morgan fingerprint density at radius 3 is 0.590 bits per heavy atom. The van der Waals surface area contributed by atoms with Crippen LogP contribution in [0.4, 0.5) is 0 Å². The van der Waals surface area contributed by atoms with Crippen LogP contribution in [0.2, 0.25) is 0 Å². The third-order valence-corrected chi connectivity index (χ3v) is 21.0. The van der Waals surface area contributed by atoms with Crippen LogP contribution in [0.1, 0.15) is 439 Å². The molecular formula is C81H158O17P2. The van der Waals surface area contributed by atoms with Gasteiger partial charge in [-0.25, -0.2) is 9.13 Å². The van der Waals surface area contributed by atoms with Gasteiger partial charge in [0.05, 0.1) is 26.4 Å². The maximum atomic E-state index is 13.1. The zero-order chi connectivity index (χ0) is 73.2. The molecule has 0 aromatic rings. The summed E-state index contributed by atoms with van der Waals surface area (Å²) < 4.78 is 68.7. The van der Waals surface area contributed by atoms with Crippen LogP contribution in [0, 0.1) is 0 Å². The van der Waals surface area contributed by atoms with Gasteiger partial charge < -0.3 is 33.8 Å². The van der Waals surface area contributed by atoms with Crippen LogP contribution in [0.25, 0.3) is 0 Å². The lowest BCUT2D eigenvalue weighted by Crippen LogP contribution is -2.30. The fourth-order valence-corrected chi connectivity index (χ4v) is 14.2. The highest BCUT2D eigenvalue weighted by Gasteiger charge is 2.30. The molecule has 2 unspecified atom stereocenters. The minimum Gasteiger partial charge on any atom is -0.462 e. The first-order valence-electron chi connectivity index (χ1n) is 42.3. The quantitative estimate of drug-likeness (QED) is 0.0222. The molecule has 0 saturated heterocycles. The first-order chi connectivity index (χ1) is 48.7. The summed E-state index contributed by atoms with van der Waals surface area (Å²) in [6.45, 7) is 5.03. The van der Waals surface area contributed by atoms with Crippen LogP contribution in [0.3, 0.4) is 0 Å². The van der Waals surface area contributed by atoms with Crippen LogP contribution in [-0.2, 0) is 65.4 Å². The second kappa shape index (κ2) is 75.3. The van der Waals surface area contributed by atoms with Crippen LogP contribution in [-0.4, -0.2) is 96.7 Å². The first-order valence-corrected chi connectivity index (χ1v) is 45.3. The number of phosphoric acid groups is 2. The number of rotatable bonds is 82. The number of unbranched alkanes of at least 4 members (excludes halogenated alkanes) is 56. The molecule has 0 bridgehead atoms. The molecule has 0 spiro atoms. The van der Waals surface area contributed by atoms with Crippen LogP contribution < -0.4 is 0 Å². The SMILES string of the molecule is CCCCCCCCCCCCCCCCCCCCC(=O)O[C@H](COC(=O)CCCCCCCCCCCCCCCCCCC)COP(=O)(O)OC[C@@H](O)COP(=O)(O)OC[C@@H](COC(=O)CCCCCCCCCCCC)OC(=O)CCCCCCCCCCCCCCCCC. The van der Waals surface area contributed by atoms with Crippen molar-refractivity contribution in [1.82, 2.24) is 0 Å². The van der Waals surface area contributed by atoms with Crippen LogP contribution >= 0.6 is 15.6 Å². The van der Waals surface area contributed by atoms with Crippen LogP contribution in [0.15, 0.2) is 0 Å². The third-order valence-electron chi connectivity index (χ3n) is 19.1. The van der Waals surface area contributed by atoms with Gasteiger partial charge in [0.2, 0.25) is 0 Å². The van der Waals surface area contributed by atoms with Gasteiger partial charge in [-0.3, -0.25) is 37.3 Å². The Morgan fingerprint density at radius 1 is 0.240 bits per heavy atom. The van der Waals surface area contributed by atoms with E-state index in [2.05, 4.69) is 27.7 Å². The van der Waals surface area contributed by atoms with Crippen molar-refractivity contribution in [2.75, 3.05) is 39.6 Å². The molecule has 0 aliphatic carbocycles. The van der Waals surface area contributed by atoms with E-state index >= 15 is 0 Å². The van der Waals surface area contributed by atoms with Crippen molar-refractivity contribution in [3.05, 3.63) is 0 Å². The summed E-state index contributed by atoms with van der Waals surface area (Å²) >= 11 is 0. The van der Waals surface area contributed by atoms with E-state index in [1.807, 2.05) is 0 Å². The number of hydrogen-bond donors (Lipinski definition) is 3. The predicted octanol–water partition coefficient (Wildman–Crippen LogP) is 24.6. The van der Waals surface area contributed by atoms with Crippen molar-refractivity contribution in [2.24, 2.45) is 0 Å². The molecule has 0 fully saturated rings. The van der Waals surface area contributed by atoms with E-state index in [0.717, 1.165) is 89.9 Å². The third kappa shape index (κ3) is 74.3. The highest BCUT2D eigenvalue weighted by Crippen LogP contribution is 2.45. The van der Waals surface area contributed by atoms with Gasteiger partial charge in [-0.2, -0.15) is 0 Å². The van der Waals surface area contributed by atoms with E-state index in [4.69, 9.17) is 37.0 Å². The number of hydrogen-bond acceptors (Lipinski definition) is 15. The average Bonchev–Trinajstić information content (AvgIpc) is 0.939. The molecule has 100 heavy (non-hydrogen) atoms. The smallest absolute Gasteiger partial charge is 0.462 e. The number of phosphoric ester groups is 2. The highest BCUT2D eigenvalue weighted by molar-refractivity contribution is 7.47. The minimum absolute atomic E-state index is 0.109. The molecule has 0 aromatic carbocycles. The van der Waals surface area contributed by atoms with E-state index in [0.29, 0.717) is 25.7 Å². The molecule has 0 rings (SSSR count). The summed E-state index contributed by atoms with van der Waals surface area (Å²) in [5, 5.41) is 10.6. The molecule has 19 heteroatoms. The lowest BCUT2D eigenvalue weighted by atomic mass is 10.0. The number of carbonyl (C=O) groups excluding carboxylic acids is 4. The molecule has 0 aliphatic rings. The Morgan fingerprint density at radius 2 is 0.400 bits per heavy atom. The molecule has 17 nitrogen and oxygen atoms in total. The Balaban J connectivity index is 5.23. The number of esters is 4. The van der Waals surface area contributed by atoms with Gasteiger partial charge in [0.25, 0.3) is 0 Å². The monoisotopic (exact) mass is 1470 g/mol. The Hall–Kier alpha value is -1.94. The Bertz CT molecular complexity index is 1890. The van der Waals surface area contributed by atoms with Gasteiger partial charge in [-0.15, -0.1) is 0 Å². The fourth-order valence-electron chi connectivity index (χ4n) is 12.6. The van der Waals surface area contributed by atoms with Gasteiger partial charge in [0.15, 0.2) is 12.2 Å². The van der Waals surface area contributed by atoms with Crippen molar-refractivity contribution in [1.29, 1.82) is 0 Å². The van der Waals surface area contributed by atoms with Crippen molar-refractivity contribution in [3.63, 3.8) is 0 Å². The van der Waals surface area contributed by atoms with E-state index < -0.39 is 97.5 Å². The van der Waals surface area contributed by atoms with Crippen molar-refractivity contribution >= 4 is 39.5 Å². The van der Waals surface area contributed by atoms with E-state index in [9.17, 15) is 43.2 Å². The topological polar surface area (TPSA) is 237 Å². The van der Waals surface area contributed by atoms with Gasteiger partial charge >= 0.3 is 39.5 Å². The first kappa shape index (κ1) is 98.1. The Kier molecular flexibility index (Phi) is 73.8. The molecule has 0 aliphatic heterocycles. The van der Waals surface area contributed by atoms with Gasteiger partial charge in [0, 0.05) is 25.7 Å². The van der Waals surface area contributed by atoms with Crippen molar-refractivity contribution < 1.29 is 80.2 Å². The number of aliphatic hydroxyl groups is 1. The lowest BCUT2D eigenvalue weighted by Gasteiger charge is -2.21. The van der Waals surface area contributed by atoms with Gasteiger partial charge in [0.1, 0.15) is 19.3 Å². The van der Waals surface area contributed by atoms with E-state index in [1.54, 1.807) is 0 Å². The maximum absolute atomic E-state index is 13.1. The second-order valence-electron chi connectivity index (χ2n) is 29.2.